The van der Waals surface area contributed by atoms with E-state index >= 15 is 0 Å². The Morgan fingerprint density at radius 1 is 1.14 bits per heavy atom. The highest BCUT2D eigenvalue weighted by Crippen LogP contribution is 2.45. The second-order valence-corrected chi connectivity index (χ2v) is 13.0. The zero-order chi connectivity index (χ0) is 25.2. The average molecular weight is 516 g/mol. The normalized spacial score (nSPS) is 25.2. The van der Waals surface area contributed by atoms with E-state index in [0.717, 1.165) is 31.6 Å². The van der Waals surface area contributed by atoms with E-state index in [1.165, 1.54) is 12.1 Å². The van der Waals surface area contributed by atoms with Crippen molar-refractivity contribution in [2.45, 2.75) is 42.9 Å². The summed E-state index contributed by atoms with van der Waals surface area (Å²) in [5.74, 6) is -1.90. The van der Waals surface area contributed by atoms with Gasteiger partial charge in [-0.25, -0.2) is 8.42 Å². The summed E-state index contributed by atoms with van der Waals surface area (Å²) in [5, 5.41) is 2.87. The molecular formula is C24H25N3O6S2. The topological polar surface area (TPSA) is 139 Å². The standard InChI is InChI=1S/C24H25N3O6S2/c1-24(12-11-14-7-8-14)17-6-4-3-5-16(17)21(28)20(22(24)29)23-25-18-10-9-15(26-34(2,30)31)13-19(18)35(32,33)27-23/h3-6,9-10,13-14,20,26H,7-8,11-12H2,1-2H3,(H,25,27)/t20?,24-/m1/s1. The van der Waals surface area contributed by atoms with E-state index in [2.05, 4.69) is 14.4 Å². The summed E-state index contributed by atoms with van der Waals surface area (Å²) in [5.41, 5.74) is 0.295. The molecule has 0 radical (unpaired) electrons. The number of sulfonamides is 2. The molecule has 2 atom stereocenters. The fourth-order valence-electron chi connectivity index (χ4n) is 4.89. The molecule has 35 heavy (non-hydrogen) atoms. The monoisotopic (exact) mass is 515 g/mol. The molecule has 0 bridgehead atoms. The van der Waals surface area contributed by atoms with Crippen LogP contribution in [-0.2, 0) is 30.3 Å². The van der Waals surface area contributed by atoms with Crippen LogP contribution in [0.15, 0.2) is 51.8 Å². The highest BCUT2D eigenvalue weighted by Gasteiger charge is 2.51. The number of hydrogen-bond donors (Lipinski definition) is 2. The molecule has 184 valence electrons. The minimum absolute atomic E-state index is 0.0571. The van der Waals surface area contributed by atoms with E-state index < -0.39 is 37.2 Å². The van der Waals surface area contributed by atoms with Gasteiger partial charge in [-0.1, -0.05) is 37.1 Å². The van der Waals surface area contributed by atoms with Gasteiger partial charge in [0.2, 0.25) is 10.0 Å². The maximum atomic E-state index is 13.9. The molecule has 0 saturated heterocycles. The van der Waals surface area contributed by atoms with Crippen LogP contribution in [-0.4, -0.2) is 40.5 Å². The van der Waals surface area contributed by atoms with Gasteiger partial charge >= 0.3 is 0 Å². The van der Waals surface area contributed by atoms with Gasteiger partial charge in [0.1, 0.15) is 16.6 Å². The third-order valence-electron chi connectivity index (χ3n) is 6.92. The predicted octanol–water partition coefficient (Wildman–Crippen LogP) is 3.10. The van der Waals surface area contributed by atoms with E-state index in [1.54, 1.807) is 24.3 Å². The minimum atomic E-state index is -4.31. The Hall–Kier alpha value is -3.05. The lowest BCUT2D eigenvalue weighted by molar-refractivity contribution is -0.125. The number of amidine groups is 1. The van der Waals surface area contributed by atoms with Crippen LogP contribution >= 0.6 is 0 Å². The lowest BCUT2D eigenvalue weighted by Gasteiger charge is -2.38. The minimum Gasteiger partial charge on any atom is -0.341 e. The first-order valence-corrected chi connectivity index (χ1v) is 14.6. The fourth-order valence-corrected chi connectivity index (χ4v) is 6.63. The van der Waals surface area contributed by atoms with Crippen LogP contribution in [0.2, 0.25) is 0 Å². The summed E-state index contributed by atoms with van der Waals surface area (Å²) >= 11 is 0. The number of carbonyl (C=O) groups is 2. The smallest absolute Gasteiger partial charge is 0.286 e. The van der Waals surface area contributed by atoms with Crippen LogP contribution < -0.4 is 10.0 Å². The molecule has 1 fully saturated rings. The number of anilines is 2. The van der Waals surface area contributed by atoms with Gasteiger partial charge in [-0.05, 0) is 49.4 Å². The molecule has 1 saturated carbocycles. The largest absolute Gasteiger partial charge is 0.341 e. The van der Waals surface area contributed by atoms with Crippen LogP contribution in [0.1, 0.15) is 48.5 Å². The van der Waals surface area contributed by atoms with Gasteiger partial charge in [0.25, 0.3) is 10.0 Å². The van der Waals surface area contributed by atoms with Gasteiger partial charge in [0.05, 0.1) is 17.4 Å². The number of Topliss-reactive ketones (excluding diaryl/α,β-unsaturated/α-hetero) is 2. The lowest BCUT2D eigenvalue weighted by Crippen LogP contribution is -2.51. The highest BCUT2D eigenvalue weighted by atomic mass is 32.2. The number of nitrogens with one attached hydrogen (secondary N) is 2. The second-order valence-electron chi connectivity index (χ2n) is 9.68. The number of nitrogens with zero attached hydrogens (tertiary/aromatic N) is 1. The molecule has 0 spiro atoms. The molecule has 0 aromatic heterocycles. The summed E-state index contributed by atoms with van der Waals surface area (Å²) in [7, 11) is -7.93. The molecule has 1 aliphatic heterocycles. The Kier molecular flexibility index (Phi) is 5.41. The van der Waals surface area contributed by atoms with E-state index in [9.17, 15) is 26.4 Å². The SMILES string of the molecule is C[C@]1(CCC2CC2)C(=O)C(C2=NS(=O)(=O)c3cc(NS(C)(=O)=O)ccc3N2)C(=O)c2ccccc21. The van der Waals surface area contributed by atoms with E-state index in [1.807, 2.05) is 6.92 Å². The van der Waals surface area contributed by atoms with E-state index in [4.69, 9.17) is 0 Å². The summed E-state index contributed by atoms with van der Waals surface area (Å²) in [6.07, 6.45) is 4.64. The molecule has 2 aromatic rings. The predicted molar refractivity (Wildman–Crippen MR) is 132 cm³/mol. The van der Waals surface area contributed by atoms with Crippen molar-refractivity contribution >= 4 is 48.8 Å². The lowest BCUT2D eigenvalue weighted by atomic mass is 9.63. The molecule has 5 rings (SSSR count). The zero-order valence-corrected chi connectivity index (χ0v) is 20.9. The molecule has 0 amide bonds. The zero-order valence-electron chi connectivity index (χ0n) is 19.2. The molecule has 2 N–H and O–H groups in total. The molecule has 2 aliphatic carbocycles. The Morgan fingerprint density at radius 2 is 1.86 bits per heavy atom. The van der Waals surface area contributed by atoms with Crippen molar-refractivity contribution in [2.75, 3.05) is 16.3 Å². The first kappa shape index (κ1) is 23.7. The Balaban J connectivity index is 1.56. The maximum Gasteiger partial charge on any atom is 0.286 e. The Bertz CT molecular complexity index is 1510. The quantitative estimate of drug-likeness (QED) is 0.564. The van der Waals surface area contributed by atoms with Gasteiger partial charge in [-0.15, -0.1) is 4.40 Å². The number of benzene rings is 2. The van der Waals surface area contributed by atoms with Crippen LogP contribution in [0, 0.1) is 11.8 Å². The third kappa shape index (κ3) is 4.27. The summed E-state index contributed by atoms with van der Waals surface area (Å²) in [6.45, 7) is 1.82. The second kappa shape index (κ2) is 7.99. The van der Waals surface area contributed by atoms with Gasteiger partial charge in [-0.3, -0.25) is 14.3 Å². The number of rotatable bonds is 6. The van der Waals surface area contributed by atoms with Crippen molar-refractivity contribution in [2.24, 2.45) is 16.2 Å². The van der Waals surface area contributed by atoms with Gasteiger partial charge in [0, 0.05) is 11.3 Å². The summed E-state index contributed by atoms with van der Waals surface area (Å²) in [4.78, 5) is 27.1. The fraction of sp³-hybridized carbons (Fsp3) is 0.375. The first-order valence-electron chi connectivity index (χ1n) is 11.3. The molecule has 1 heterocycles. The summed E-state index contributed by atoms with van der Waals surface area (Å²) in [6, 6.07) is 10.9. The maximum absolute atomic E-state index is 13.9. The number of ketones is 2. The highest BCUT2D eigenvalue weighted by molar-refractivity contribution is 7.92. The van der Waals surface area contributed by atoms with Crippen molar-refractivity contribution < 1.29 is 26.4 Å². The van der Waals surface area contributed by atoms with Gasteiger partial charge < -0.3 is 5.32 Å². The van der Waals surface area contributed by atoms with Gasteiger partial charge in [0.15, 0.2) is 11.6 Å². The Morgan fingerprint density at radius 3 is 2.54 bits per heavy atom. The van der Waals surface area contributed by atoms with Crippen molar-refractivity contribution in [1.29, 1.82) is 0 Å². The molecule has 9 nitrogen and oxygen atoms in total. The Labute approximate surface area is 204 Å². The van der Waals surface area contributed by atoms with E-state index in [0.29, 0.717) is 23.5 Å². The van der Waals surface area contributed by atoms with Crippen molar-refractivity contribution in [3.63, 3.8) is 0 Å². The van der Waals surface area contributed by atoms with Crippen molar-refractivity contribution in [3.8, 4) is 0 Å². The number of hydrogen-bond acceptors (Lipinski definition) is 7. The van der Waals surface area contributed by atoms with Crippen LogP contribution in [0.3, 0.4) is 0 Å². The number of fused-ring (bicyclic) bond motifs is 2. The molecule has 1 unspecified atom stereocenters. The summed E-state index contributed by atoms with van der Waals surface area (Å²) < 4.78 is 55.3. The average Bonchev–Trinajstić information content (AvgIpc) is 3.60. The van der Waals surface area contributed by atoms with Crippen molar-refractivity contribution in [3.05, 3.63) is 53.6 Å². The van der Waals surface area contributed by atoms with Crippen molar-refractivity contribution in [1.82, 2.24) is 0 Å². The number of carbonyl (C=O) groups excluding carboxylic acids is 2. The molecule has 2 aromatic carbocycles. The first-order chi connectivity index (χ1) is 16.4. The van der Waals surface area contributed by atoms with Gasteiger partial charge in [-0.2, -0.15) is 8.42 Å². The van der Waals surface area contributed by atoms with Crippen LogP contribution in [0.5, 0.6) is 0 Å². The van der Waals surface area contributed by atoms with E-state index in [-0.39, 0.29) is 27.9 Å². The molecule has 3 aliphatic rings. The molecular weight excluding hydrogens is 490 g/mol. The third-order valence-corrected chi connectivity index (χ3v) is 8.86. The van der Waals surface area contributed by atoms with Crippen LogP contribution in [0.4, 0.5) is 11.4 Å². The molecule has 11 heteroatoms. The van der Waals surface area contributed by atoms with Crippen LogP contribution in [0.25, 0.3) is 0 Å².